The Labute approximate surface area is 177 Å². The summed E-state index contributed by atoms with van der Waals surface area (Å²) in [6, 6.07) is 14.4. The summed E-state index contributed by atoms with van der Waals surface area (Å²) in [5, 5.41) is 5.89. The lowest BCUT2D eigenvalue weighted by Crippen LogP contribution is -2.38. The lowest BCUT2D eigenvalue weighted by Gasteiger charge is -2.19. The third-order valence-electron chi connectivity index (χ3n) is 6.01. The van der Waals surface area contributed by atoms with Crippen LogP contribution in [0.4, 0.5) is 14.9 Å². The van der Waals surface area contributed by atoms with Gasteiger partial charge in [0.05, 0.1) is 6.10 Å². The molecule has 1 atom stereocenters. The van der Waals surface area contributed by atoms with Gasteiger partial charge in [-0.3, -0.25) is 0 Å². The number of benzene rings is 2. The van der Waals surface area contributed by atoms with E-state index in [2.05, 4.69) is 15.5 Å². The molecule has 0 radical (unpaired) electrons. The summed E-state index contributed by atoms with van der Waals surface area (Å²) in [4.78, 5) is 14.4. The molecular weight excluding hydrogens is 381 g/mol. The largest absolute Gasteiger partial charge is 0.490 e. The maximum atomic E-state index is 13.1. The number of nitrogens with one attached hydrogen (secondary N) is 2. The maximum Gasteiger partial charge on any atom is 0.315 e. The fourth-order valence-electron chi connectivity index (χ4n) is 4.25. The van der Waals surface area contributed by atoms with E-state index in [1.54, 1.807) is 0 Å². The molecule has 0 spiro atoms. The van der Waals surface area contributed by atoms with Gasteiger partial charge >= 0.3 is 6.03 Å². The second-order valence-corrected chi connectivity index (χ2v) is 8.31. The van der Waals surface area contributed by atoms with Crippen molar-refractivity contribution >= 4 is 11.7 Å². The first-order chi connectivity index (χ1) is 14.7. The van der Waals surface area contributed by atoms with E-state index < -0.39 is 0 Å². The summed E-state index contributed by atoms with van der Waals surface area (Å²) in [6.45, 7) is 2.92. The van der Waals surface area contributed by atoms with E-state index in [4.69, 9.17) is 4.74 Å². The number of nitrogens with zero attached hydrogens (tertiary/aromatic N) is 1. The van der Waals surface area contributed by atoms with E-state index in [0.717, 1.165) is 49.4 Å². The summed E-state index contributed by atoms with van der Waals surface area (Å²) in [5.41, 5.74) is 2.08. The molecule has 2 aromatic carbocycles. The Morgan fingerprint density at radius 3 is 2.47 bits per heavy atom. The highest BCUT2D eigenvalue weighted by atomic mass is 19.1. The molecular formula is C24H30FN3O2. The molecule has 1 saturated heterocycles. The van der Waals surface area contributed by atoms with Crippen LogP contribution in [-0.4, -0.2) is 31.8 Å². The van der Waals surface area contributed by atoms with Gasteiger partial charge in [0.1, 0.15) is 11.6 Å². The van der Waals surface area contributed by atoms with Crippen LogP contribution in [-0.2, 0) is 6.54 Å². The van der Waals surface area contributed by atoms with Gasteiger partial charge < -0.3 is 20.3 Å². The topological polar surface area (TPSA) is 53.6 Å². The number of hydrogen-bond acceptors (Lipinski definition) is 3. The first-order valence-corrected chi connectivity index (χ1v) is 10.9. The van der Waals surface area contributed by atoms with Gasteiger partial charge in [-0.25, -0.2) is 9.18 Å². The predicted molar refractivity (Wildman–Crippen MR) is 116 cm³/mol. The second kappa shape index (κ2) is 9.83. The number of anilines is 1. The number of hydrogen-bond donors (Lipinski definition) is 2. The van der Waals surface area contributed by atoms with Crippen LogP contribution in [0.5, 0.6) is 5.75 Å². The van der Waals surface area contributed by atoms with Gasteiger partial charge in [0, 0.05) is 31.9 Å². The van der Waals surface area contributed by atoms with Gasteiger partial charge in [-0.15, -0.1) is 0 Å². The molecule has 0 bridgehead atoms. The number of carbonyl (C=O) groups is 1. The molecule has 30 heavy (non-hydrogen) atoms. The SMILES string of the molecule is O=C(NCc1ccc(OC2CCCC2)cc1)NCC1CCN(c2ccc(F)cc2)C1. The molecule has 5 nitrogen and oxygen atoms in total. The number of urea groups is 1. The molecule has 1 saturated carbocycles. The normalized spacial score (nSPS) is 19.1. The molecule has 2 fully saturated rings. The predicted octanol–water partition coefficient (Wildman–Crippen LogP) is 4.47. The Kier molecular flexibility index (Phi) is 6.72. The van der Waals surface area contributed by atoms with E-state index in [1.807, 2.05) is 36.4 Å². The molecule has 160 valence electrons. The van der Waals surface area contributed by atoms with Gasteiger partial charge in [-0.1, -0.05) is 12.1 Å². The Bertz CT molecular complexity index is 819. The zero-order chi connectivity index (χ0) is 20.8. The van der Waals surface area contributed by atoms with Crippen LogP contribution in [0.25, 0.3) is 0 Å². The van der Waals surface area contributed by atoms with Gasteiger partial charge in [-0.05, 0) is 80.0 Å². The molecule has 6 heteroatoms. The van der Waals surface area contributed by atoms with E-state index in [-0.39, 0.29) is 11.8 Å². The Hall–Kier alpha value is -2.76. The van der Waals surface area contributed by atoms with Crippen molar-refractivity contribution in [3.8, 4) is 5.75 Å². The number of halogens is 1. The van der Waals surface area contributed by atoms with Gasteiger partial charge in [0.2, 0.25) is 0 Å². The van der Waals surface area contributed by atoms with Crippen LogP contribution in [0.15, 0.2) is 48.5 Å². The van der Waals surface area contributed by atoms with Crippen LogP contribution in [0.3, 0.4) is 0 Å². The standard InChI is InChI=1S/C24H30FN3O2/c25-20-7-9-21(10-8-20)28-14-13-19(17-28)16-27-24(29)26-15-18-5-11-23(12-6-18)30-22-3-1-2-4-22/h5-12,19,22H,1-4,13-17H2,(H2,26,27,29). The van der Waals surface area contributed by atoms with Gasteiger partial charge in [-0.2, -0.15) is 0 Å². The van der Waals surface area contributed by atoms with Crippen molar-refractivity contribution in [2.75, 3.05) is 24.5 Å². The second-order valence-electron chi connectivity index (χ2n) is 8.31. The highest BCUT2D eigenvalue weighted by Gasteiger charge is 2.23. The monoisotopic (exact) mass is 411 g/mol. The smallest absolute Gasteiger partial charge is 0.315 e. The minimum atomic E-state index is -0.219. The summed E-state index contributed by atoms with van der Waals surface area (Å²) < 4.78 is 19.1. The molecule has 0 aromatic heterocycles. The molecule has 2 aromatic rings. The van der Waals surface area contributed by atoms with Crippen molar-refractivity contribution in [1.82, 2.24) is 10.6 Å². The van der Waals surface area contributed by atoms with Crippen molar-refractivity contribution in [3.05, 3.63) is 59.9 Å². The zero-order valence-electron chi connectivity index (χ0n) is 17.3. The van der Waals surface area contributed by atoms with E-state index in [1.165, 1.54) is 25.0 Å². The molecule has 2 N–H and O–H groups in total. The fraction of sp³-hybridized carbons (Fsp3) is 0.458. The maximum absolute atomic E-state index is 13.1. The Balaban J connectivity index is 1.15. The fourth-order valence-corrected chi connectivity index (χ4v) is 4.25. The quantitative estimate of drug-likeness (QED) is 0.707. The zero-order valence-corrected chi connectivity index (χ0v) is 17.3. The summed E-state index contributed by atoms with van der Waals surface area (Å²) >= 11 is 0. The highest BCUT2D eigenvalue weighted by Crippen LogP contribution is 2.25. The number of ether oxygens (including phenoxy) is 1. The van der Waals surface area contributed by atoms with Crippen molar-refractivity contribution in [1.29, 1.82) is 0 Å². The molecule has 1 aliphatic carbocycles. The third kappa shape index (κ3) is 5.65. The number of amides is 2. The minimum absolute atomic E-state index is 0.151. The highest BCUT2D eigenvalue weighted by molar-refractivity contribution is 5.73. The van der Waals surface area contributed by atoms with Crippen molar-refractivity contribution in [3.63, 3.8) is 0 Å². The van der Waals surface area contributed by atoms with Crippen LogP contribution < -0.4 is 20.3 Å². The summed E-state index contributed by atoms with van der Waals surface area (Å²) in [7, 11) is 0. The van der Waals surface area contributed by atoms with Crippen LogP contribution >= 0.6 is 0 Å². The van der Waals surface area contributed by atoms with Crippen molar-refractivity contribution in [2.45, 2.75) is 44.8 Å². The first kappa shape index (κ1) is 20.5. The lowest BCUT2D eigenvalue weighted by molar-refractivity contribution is 0.210. The Morgan fingerprint density at radius 1 is 1.00 bits per heavy atom. The van der Waals surface area contributed by atoms with E-state index in [9.17, 15) is 9.18 Å². The van der Waals surface area contributed by atoms with Crippen LogP contribution in [0.2, 0.25) is 0 Å². The van der Waals surface area contributed by atoms with E-state index in [0.29, 0.717) is 25.1 Å². The third-order valence-corrected chi connectivity index (χ3v) is 6.01. The first-order valence-electron chi connectivity index (χ1n) is 10.9. The molecule has 4 rings (SSSR count). The molecule has 1 aliphatic heterocycles. The van der Waals surface area contributed by atoms with E-state index >= 15 is 0 Å². The molecule has 2 amide bonds. The van der Waals surface area contributed by atoms with Crippen molar-refractivity contribution in [2.24, 2.45) is 5.92 Å². The van der Waals surface area contributed by atoms with Crippen LogP contribution in [0, 0.1) is 11.7 Å². The van der Waals surface area contributed by atoms with Crippen molar-refractivity contribution < 1.29 is 13.9 Å². The Morgan fingerprint density at radius 2 is 1.73 bits per heavy atom. The average Bonchev–Trinajstić information content (AvgIpc) is 3.44. The lowest BCUT2D eigenvalue weighted by atomic mass is 10.1. The molecule has 2 aliphatic rings. The summed E-state index contributed by atoms with van der Waals surface area (Å²) in [6.07, 6.45) is 6.17. The number of carbonyl (C=O) groups excluding carboxylic acids is 1. The minimum Gasteiger partial charge on any atom is -0.490 e. The van der Waals surface area contributed by atoms with Crippen LogP contribution in [0.1, 0.15) is 37.7 Å². The van der Waals surface area contributed by atoms with Gasteiger partial charge in [0.25, 0.3) is 0 Å². The number of rotatable bonds is 7. The van der Waals surface area contributed by atoms with Gasteiger partial charge in [0.15, 0.2) is 0 Å². The summed E-state index contributed by atoms with van der Waals surface area (Å²) in [5.74, 6) is 1.08. The molecule has 1 unspecified atom stereocenters. The molecule has 1 heterocycles. The average molecular weight is 412 g/mol.